The molecule has 0 atom stereocenters. The molecule has 0 aromatic carbocycles. The van der Waals surface area contributed by atoms with Crippen LogP contribution in [0.2, 0.25) is 0 Å². The van der Waals surface area contributed by atoms with Crippen molar-refractivity contribution in [3.8, 4) is 0 Å². The number of nitrogens with one attached hydrogen (secondary N) is 1. The summed E-state index contributed by atoms with van der Waals surface area (Å²) in [5.74, 6) is 0.548. The van der Waals surface area contributed by atoms with E-state index < -0.39 is 9.05 Å². The molecule has 7 heteroatoms. The summed E-state index contributed by atoms with van der Waals surface area (Å²) in [5.41, 5.74) is 0. The van der Waals surface area contributed by atoms with Gasteiger partial charge in [0, 0.05) is 22.0 Å². The zero-order valence-corrected chi connectivity index (χ0v) is 13.5. The monoisotopic (exact) mass is 335 g/mol. The Morgan fingerprint density at radius 2 is 2.00 bits per heavy atom. The van der Waals surface area contributed by atoms with Gasteiger partial charge in [-0.1, -0.05) is 19.3 Å². The molecule has 0 saturated heterocycles. The van der Waals surface area contributed by atoms with Gasteiger partial charge in [-0.25, -0.2) is 8.42 Å². The van der Waals surface area contributed by atoms with Gasteiger partial charge in [0.1, 0.15) is 4.21 Å². The Kier molecular flexibility index (Phi) is 5.46. The van der Waals surface area contributed by atoms with E-state index in [0.717, 1.165) is 29.1 Å². The molecule has 20 heavy (non-hydrogen) atoms. The molecule has 0 radical (unpaired) electrons. The fraction of sp³-hybridized carbons (Fsp3) is 0.615. The summed E-state index contributed by atoms with van der Waals surface area (Å²) >= 11 is 1.09. The fourth-order valence-corrected chi connectivity index (χ4v) is 4.56. The number of amides is 1. The van der Waals surface area contributed by atoms with Crippen molar-refractivity contribution in [2.75, 3.05) is 0 Å². The Bertz CT molecular complexity index is 562. The van der Waals surface area contributed by atoms with Crippen LogP contribution in [0.15, 0.2) is 16.3 Å². The van der Waals surface area contributed by atoms with Gasteiger partial charge in [0.2, 0.25) is 5.91 Å². The molecule has 0 unspecified atom stereocenters. The van der Waals surface area contributed by atoms with Crippen LogP contribution in [0.3, 0.4) is 0 Å². The van der Waals surface area contributed by atoms with Crippen molar-refractivity contribution in [2.24, 2.45) is 5.92 Å². The van der Waals surface area contributed by atoms with Crippen LogP contribution in [-0.2, 0) is 20.4 Å². The molecule has 2 rings (SSSR count). The van der Waals surface area contributed by atoms with Crippen LogP contribution in [-0.4, -0.2) is 14.3 Å². The predicted molar refractivity (Wildman–Crippen MR) is 80.4 cm³/mol. The summed E-state index contributed by atoms with van der Waals surface area (Å²) in [5, 5.41) is 2.84. The zero-order valence-electron chi connectivity index (χ0n) is 11.1. The molecule has 0 aliphatic heterocycles. The highest BCUT2D eigenvalue weighted by Crippen LogP contribution is 2.27. The molecule has 0 bridgehead atoms. The lowest BCUT2D eigenvalue weighted by molar-refractivity contribution is -0.122. The van der Waals surface area contributed by atoms with Gasteiger partial charge >= 0.3 is 0 Å². The van der Waals surface area contributed by atoms with Crippen LogP contribution in [0, 0.1) is 5.92 Å². The van der Waals surface area contributed by atoms with E-state index in [4.69, 9.17) is 10.7 Å². The third-order valence-corrected chi connectivity index (χ3v) is 6.71. The van der Waals surface area contributed by atoms with Crippen LogP contribution in [0.1, 0.15) is 43.4 Å². The van der Waals surface area contributed by atoms with Crippen molar-refractivity contribution in [1.82, 2.24) is 5.32 Å². The number of thiophene rings is 1. The number of rotatable bonds is 5. The Hall–Kier alpha value is -0.590. The largest absolute Gasteiger partial charge is 0.351 e. The van der Waals surface area contributed by atoms with Crippen molar-refractivity contribution in [3.05, 3.63) is 17.0 Å². The Balaban J connectivity index is 1.79. The average Bonchev–Trinajstić information content (AvgIpc) is 2.86. The van der Waals surface area contributed by atoms with E-state index in [0.29, 0.717) is 18.9 Å². The molecule has 1 aliphatic rings. The molecule has 4 nitrogen and oxygen atoms in total. The Morgan fingerprint density at radius 3 is 2.60 bits per heavy atom. The van der Waals surface area contributed by atoms with E-state index >= 15 is 0 Å². The third kappa shape index (κ3) is 4.75. The van der Waals surface area contributed by atoms with Crippen LogP contribution < -0.4 is 5.32 Å². The predicted octanol–water partition coefficient (Wildman–Crippen LogP) is 3.26. The second-order valence-corrected chi connectivity index (χ2v) is 9.10. The maximum Gasteiger partial charge on any atom is 0.270 e. The van der Waals surface area contributed by atoms with Crippen LogP contribution in [0.5, 0.6) is 0 Å². The molecule has 112 valence electrons. The van der Waals surface area contributed by atoms with E-state index in [1.54, 1.807) is 6.07 Å². The lowest BCUT2D eigenvalue weighted by atomic mass is 9.87. The molecule has 1 saturated carbocycles. The number of hydrogen-bond acceptors (Lipinski definition) is 4. The van der Waals surface area contributed by atoms with Crippen molar-refractivity contribution < 1.29 is 13.2 Å². The Labute approximate surface area is 127 Å². The van der Waals surface area contributed by atoms with Gasteiger partial charge in [0.15, 0.2) is 0 Å². The minimum atomic E-state index is -3.67. The minimum absolute atomic E-state index is 0.0422. The van der Waals surface area contributed by atoms with E-state index in [1.165, 1.54) is 25.3 Å². The maximum absolute atomic E-state index is 11.8. The van der Waals surface area contributed by atoms with E-state index in [9.17, 15) is 13.2 Å². The van der Waals surface area contributed by atoms with Crippen LogP contribution in [0.4, 0.5) is 0 Å². The quantitative estimate of drug-likeness (QED) is 0.840. The highest BCUT2D eigenvalue weighted by atomic mass is 35.7. The molecule has 1 aromatic rings. The average molecular weight is 336 g/mol. The van der Waals surface area contributed by atoms with Gasteiger partial charge in [0.25, 0.3) is 9.05 Å². The second kappa shape index (κ2) is 6.91. The summed E-state index contributed by atoms with van der Waals surface area (Å²) in [7, 11) is 1.59. The number of hydrogen-bond donors (Lipinski definition) is 1. The highest BCUT2D eigenvalue weighted by Gasteiger charge is 2.17. The third-order valence-electron chi connectivity index (χ3n) is 3.54. The number of carbonyl (C=O) groups excluding carboxylic acids is 1. The molecule has 1 N–H and O–H groups in total. The number of carbonyl (C=O) groups is 1. The van der Waals surface area contributed by atoms with Gasteiger partial charge in [-0.15, -0.1) is 11.3 Å². The number of halogens is 1. The van der Waals surface area contributed by atoms with Crippen molar-refractivity contribution >= 4 is 37.0 Å². The van der Waals surface area contributed by atoms with Gasteiger partial charge in [-0.05, 0) is 30.9 Å². The lowest BCUT2D eigenvalue weighted by Gasteiger charge is -2.20. The molecule has 1 aliphatic carbocycles. The van der Waals surface area contributed by atoms with Crippen LogP contribution in [0.25, 0.3) is 0 Å². The smallest absolute Gasteiger partial charge is 0.270 e. The first kappa shape index (κ1) is 15.8. The molecule has 1 amide bonds. The topological polar surface area (TPSA) is 63.2 Å². The normalized spacial score (nSPS) is 17.1. The molecular formula is C13H18ClNO3S2. The van der Waals surface area contributed by atoms with Crippen LogP contribution >= 0.6 is 22.0 Å². The first-order chi connectivity index (χ1) is 9.45. The zero-order chi connectivity index (χ0) is 14.6. The van der Waals surface area contributed by atoms with Gasteiger partial charge in [-0.3, -0.25) is 4.79 Å². The first-order valence-corrected chi connectivity index (χ1v) is 9.88. The first-order valence-electron chi connectivity index (χ1n) is 6.75. The summed E-state index contributed by atoms with van der Waals surface area (Å²) in [4.78, 5) is 12.6. The SMILES string of the molecule is O=C(CC1CCCCC1)NCc1ccc(S(=O)(=O)Cl)s1. The summed E-state index contributed by atoms with van der Waals surface area (Å²) in [6.07, 6.45) is 6.58. The maximum atomic E-state index is 11.8. The van der Waals surface area contributed by atoms with Crippen molar-refractivity contribution in [2.45, 2.75) is 49.3 Å². The van der Waals surface area contributed by atoms with Gasteiger partial charge < -0.3 is 5.32 Å². The minimum Gasteiger partial charge on any atom is -0.351 e. The molecule has 1 fully saturated rings. The molecule has 1 aromatic heterocycles. The standard InChI is InChI=1S/C13H18ClNO3S2/c14-20(17,18)13-7-6-11(19-13)9-15-12(16)8-10-4-2-1-3-5-10/h6-7,10H,1-5,8-9H2,(H,15,16). The van der Waals surface area contributed by atoms with E-state index in [1.807, 2.05) is 0 Å². The van der Waals surface area contributed by atoms with Gasteiger partial charge in [-0.2, -0.15) is 0 Å². The fourth-order valence-electron chi connectivity index (χ4n) is 2.50. The van der Waals surface area contributed by atoms with Crippen molar-refractivity contribution in [3.63, 3.8) is 0 Å². The van der Waals surface area contributed by atoms with E-state index in [2.05, 4.69) is 5.32 Å². The summed E-state index contributed by atoms with van der Waals surface area (Å²) in [6.45, 7) is 0.364. The summed E-state index contributed by atoms with van der Waals surface area (Å²) in [6, 6.07) is 3.15. The van der Waals surface area contributed by atoms with Crippen molar-refractivity contribution in [1.29, 1.82) is 0 Å². The molecule has 1 heterocycles. The lowest BCUT2D eigenvalue weighted by Crippen LogP contribution is -2.25. The van der Waals surface area contributed by atoms with Gasteiger partial charge in [0.05, 0.1) is 6.54 Å². The molecule has 0 spiro atoms. The summed E-state index contributed by atoms with van der Waals surface area (Å²) < 4.78 is 22.4. The highest BCUT2D eigenvalue weighted by molar-refractivity contribution is 8.15. The Morgan fingerprint density at radius 1 is 1.30 bits per heavy atom. The van der Waals surface area contributed by atoms with E-state index in [-0.39, 0.29) is 10.1 Å². The molecular weight excluding hydrogens is 318 g/mol. The second-order valence-electron chi connectivity index (χ2n) is 5.14.